The first-order valence-corrected chi connectivity index (χ1v) is 5.07. The molecule has 1 N–H and O–H groups in total. The summed E-state index contributed by atoms with van der Waals surface area (Å²) in [5.41, 5.74) is 0.612. The highest BCUT2D eigenvalue weighted by atomic mass is 32.3. The monoisotopic (exact) mass is 216 g/mol. The molecule has 5 nitrogen and oxygen atoms in total. The van der Waals surface area contributed by atoms with Crippen LogP contribution in [0.5, 0.6) is 0 Å². The van der Waals surface area contributed by atoms with E-state index in [1.165, 1.54) is 0 Å². The zero-order valence-corrected chi connectivity index (χ0v) is 7.90. The Morgan fingerprint density at radius 1 is 1.29 bits per heavy atom. The van der Waals surface area contributed by atoms with Crippen molar-refractivity contribution in [2.24, 2.45) is 0 Å². The Morgan fingerprint density at radius 2 is 1.86 bits per heavy atom. The number of carbonyl (C=O) groups excluding carboxylic acids is 1. The third-order valence-electron chi connectivity index (χ3n) is 1.39. The number of rotatable bonds is 3. The molecule has 0 aliphatic heterocycles. The molecule has 1 rings (SSSR count). The molecule has 0 saturated carbocycles. The summed E-state index contributed by atoms with van der Waals surface area (Å²) in [6.45, 7) is 0. The zero-order chi connectivity index (χ0) is 10.6. The van der Waals surface area contributed by atoms with Crippen LogP contribution in [0.4, 0.5) is 0 Å². The first-order valence-electron chi connectivity index (χ1n) is 3.71. The van der Waals surface area contributed by atoms with Gasteiger partial charge in [0.25, 0.3) is 0 Å². The van der Waals surface area contributed by atoms with E-state index in [0.717, 1.165) is 0 Å². The van der Waals surface area contributed by atoms with E-state index >= 15 is 0 Å². The highest BCUT2D eigenvalue weighted by molar-refractivity contribution is 7.81. The molecule has 0 aliphatic carbocycles. The topological polar surface area (TPSA) is 80.7 Å². The van der Waals surface area contributed by atoms with Gasteiger partial charge >= 0.3 is 16.4 Å². The smallest absolute Gasteiger partial charge is 0.325 e. The van der Waals surface area contributed by atoms with Crippen molar-refractivity contribution in [2.75, 3.05) is 0 Å². The maximum atomic E-state index is 10.9. The number of carbonyl (C=O) groups is 1. The van der Waals surface area contributed by atoms with Crippen LogP contribution >= 0.6 is 0 Å². The highest BCUT2D eigenvalue weighted by Crippen LogP contribution is 2.01. The van der Waals surface area contributed by atoms with Crippen molar-refractivity contribution < 1.29 is 21.9 Å². The van der Waals surface area contributed by atoms with E-state index in [4.69, 9.17) is 4.55 Å². The lowest BCUT2D eigenvalue weighted by atomic mass is 10.2. The van der Waals surface area contributed by atoms with Crippen LogP contribution in [0, 0.1) is 0 Å². The molecule has 0 bridgehead atoms. The maximum absolute atomic E-state index is 10.9. The Balaban J connectivity index is 2.59. The van der Waals surface area contributed by atoms with Gasteiger partial charge in [-0.3, -0.25) is 9.35 Å². The van der Waals surface area contributed by atoms with Gasteiger partial charge in [0.1, 0.15) is 0 Å². The van der Waals surface area contributed by atoms with Crippen LogP contribution in [0.2, 0.25) is 0 Å². The lowest BCUT2D eigenvalue weighted by Gasteiger charge is -1.99. The zero-order valence-electron chi connectivity index (χ0n) is 7.08. The lowest BCUT2D eigenvalue weighted by molar-refractivity contribution is -0.133. The molecule has 0 spiro atoms. The largest absolute Gasteiger partial charge is 0.448 e. The second-order valence-electron chi connectivity index (χ2n) is 2.55. The molecular weight excluding hydrogens is 208 g/mol. The van der Waals surface area contributed by atoms with Gasteiger partial charge in [0.2, 0.25) is 0 Å². The summed E-state index contributed by atoms with van der Waals surface area (Å²) in [6.07, 6.45) is -0.194. The van der Waals surface area contributed by atoms with Crippen LogP contribution in [-0.2, 0) is 25.8 Å². The Labute approximate surface area is 81.3 Å². The molecule has 0 amide bonds. The molecule has 1 aromatic rings. The fraction of sp³-hybridized carbons (Fsp3) is 0.125. The summed E-state index contributed by atoms with van der Waals surface area (Å²) < 4.78 is 32.2. The Bertz CT molecular complexity index is 409. The molecule has 0 aromatic heterocycles. The Morgan fingerprint density at radius 3 is 2.36 bits per heavy atom. The normalized spacial score (nSPS) is 10.9. The van der Waals surface area contributed by atoms with Crippen LogP contribution in [0.1, 0.15) is 5.56 Å². The van der Waals surface area contributed by atoms with E-state index in [1.807, 2.05) is 0 Å². The van der Waals surface area contributed by atoms with Crippen molar-refractivity contribution >= 4 is 16.4 Å². The van der Waals surface area contributed by atoms with Crippen molar-refractivity contribution in [2.45, 2.75) is 6.42 Å². The quantitative estimate of drug-likeness (QED) is 0.747. The van der Waals surface area contributed by atoms with E-state index in [1.54, 1.807) is 30.3 Å². The number of hydrogen-bond acceptors (Lipinski definition) is 4. The molecule has 14 heavy (non-hydrogen) atoms. The summed E-state index contributed by atoms with van der Waals surface area (Å²) in [5, 5.41) is 0. The van der Waals surface area contributed by atoms with E-state index in [9.17, 15) is 13.2 Å². The molecular formula is C8H8O5S. The first kappa shape index (κ1) is 10.7. The average Bonchev–Trinajstić information content (AvgIpc) is 2.02. The lowest BCUT2D eigenvalue weighted by Crippen LogP contribution is -2.13. The van der Waals surface area contributed by atoms with Gasteiger partial charge in [0, 0.05) is 0 Å². The summed E-state index contributed by atoms with van der Waals surface area (Å²) in [7, 11) is -4.69. The summed E-state index contributed by atoms with van der Waals surface area (Å²) in [5.74, 6) is -1.02. The maximum Gasteiger partial charge on any atom is 0.448 e. The van der Waals surface area contributed by atoms with Crippen LogP contribution in [0.25, 0.3) is 0 Å². The molecule has 76 valence electrons. The van der Waals surface area contributed by atoms with Crippen molar-refractivity contribution in [3.8, 4) is 0 Å². The molecule has 0 fully saturated rings. The fourth-order valence-corrected chi connectivity index (χ4v) is 1.20. The van der Waals surface area contributed by atoms with Gasteiger partial charge in [-0.2, -0.15) is 8.42 Å². The molecule has 0 saturated heterocycles. The highest BCUT2D eigenvalue weighted by Gasteiger charge is 2.13. The SMILES string of the molecule is O=C(Cc1ccccc1)OS(=O)(=O)O. The van der Waals surface area contributed by atoms with Crippen LogP contribution in [0.3, 0.4) is 0 Å². The second-order valence-corrected chi connectivity index (χ2v) is 3.57. The van der Waals surface area contributed by atoms with Gasteiger partial charge in [-0.1, -0.05) is 30.3 Å². The summed E-state index contributed by atoms with van der Waals surface area (Å²) >= 11 is 0. The predicted molar refractivity (Wildman–Crippen MR) is 47.8 cm³/mol. The van der Waals surface area contributed by atoms with Gasteiger partial charge < -0.3 is 4.18 Å². The van der Waals surface area contributed by atoms with Gasteiger partial charge in [0.15, 0.2) is 0 Å². The Kier molecular flexibility index (Phi) is 3.21. The summed E-state index contributed by atoms with van der Waals surface area (Å²) in [6, 6.07) is 8.46. The van der Waals surface area contributed by atoms with E-state index in [2.05, 4.69) is 4.18 Å². The molecule has 0 atom stereocenters. The minimum Gasteiger partial charge on any atom is -0.325 e. The minimum atomic E-state index is -4.69. The molecule has 6 heteroatoms. The van der Waals surface area contributed by atoms with Crippen LogP contribution < -0.4 is 0 Å². The fourth-order valence-electron chi connectivity index (χ4n) is 0.909. The van der Waals surface area contributed by atoms with E-state index < -0.39 is 16.4 Å². The molecule has 0 radical (unpaired) electrons. The molecule has 0 heterocycles. The van der Waals surface area contributed by atoms with Crippen LogP contribution in [-0.4, -0.2) is 18.9 Å². The standard InChI is InChI=1S/C8H8O5S/c9-8(13-14(10,11)12)6-7-4-2-1-3-5-7/h1-5H,6H2,(H,10,11,12). The van der Waals surface area contributed by atoms with Gasteiger partial charge in [-0.15, -0.1) is 0 Å². The first-order chi connectivity index (χ1) is 6.47. The number of benzene rings is 1. The van der Waals surface area contributed by atoms with Crippen LogP contribution in [0.15, 0.2) is 30.3 Å². The van der Waals surface area contributed by atoms with E-state index in [-0.39, 0.29) is 6.42 Å². The van der Waals surface area contributed by atoms with Gasteiger partial charge in [0.05, 0.1) is 6.42 Å². The van der Waals surface area contributed by atoms with Crippen molar-refractivity contribution in [1.29, 1.82) is 0 Å². The summed E-state index contributed by atoms with van der Waals surface area (Å²) in [4.78, 5) is 10.9. The number of hydrogen-bond donors (Lipinski definition) is 1. The van der Waals surface area contributed by atoms with Gasteiger partial charge in [-0.05, 0) is 5.56 Å². The third kappa shape index (κ3) is 4.01. The second kappa shape index (κ2) is 4.21. The molecule has 1 aromatic carbocycles. The molecule has 0 unspecified atom stereocenters. The van der Waals surface area contributed by atoms with Crippen molar-refractivity contribution in [3.63, 3.8) is 0 Å². The minimum absolute atomic E-state index is 0.194. The Hall–Kier alpha value is -1.40. The van der Waals surface area contributed by atoms with Crippen molar-refractivity contribution in [3.05, 3.63) is 35.9 Å². The van der Waals surface area contributed by atoms with E-state index in [0.29, 0.717) is 5.56 Å². The van der Waals surface area contributed by atoms with Gasteiger partial charge in [-0.25, -0.2) is 0 Å². The third-order valence-corrected chi connectivity index (χ3v) is 1.79. The predicted octanol–water partition coefficient (Wildman–Crippen LogP) is 0.575. The average molecular weight is 216 g/mol. The molecule has 0 aliphatic rings. The van der Waals surface area contributed by atoms with Crippen molar-refractivity contribution in [1.82, 2.24) is 0 Å².